The Bertz CT molecular complexity index is 612. The number of aliphatic hydroxyl groups excluding tert-OH is 1. The zero-order chi connectivity index (χ0) is 15.6. The molecule has 0 amide bonds. The largest absolute Gasteiger partial charge is 0.389 e. The van der Waals surface area contributed by atoms with E-state index in [0.29, 0.717) is 0 Å². The van der Waals surface area contributed by atoms with E-state index in [1.165, 1.54) is 10.5 Å². The molecule has 3 heteroatoms. The SMILES string of the molecule is CC(O)c1cc(Br)ccc1Sc1ccc(C(C)(C)C)cc1. The Labute approximate surface area is 139 Å². The van der Waals surface area contributed by atoms with Crippen LogP contribution in [0.1, 0.15) is 44.9 Å². The molecule has 2 aromatic carbocycles. The third kappa shape index (κ3) is 4.35. The molecule has 0 bridgehead atoms. The molecule has 0 aromatic heterocycles. The van der Waals surface area contributed by atoms with Crippen LogP contribution in [0.2, 0.25) is 0 Å². The first kappa shape index (κ1) is 16.6. The van der Waals surface area contributed by atoms with Crippen LogP contribution in [0.15, 0.2) is 56.7 Å². The maximum absolute atomic E-state index is 9.92. The molecule has 0 aliphatic heterocycles. The van der Waals surface area contributed by atoms with Crippen molar-refractivity contribution in [2.75, 3.05) is 0 Å². The van der Waals surface area contributed by atoms with Crippen LogP contribution in [0.5, 0.6) is 0 Å². The molecular formula is C18H21BrOS. The van der Waals surface area contributed by atoms with Crippen LogP contribution in [-0.2, 0) is 5.41 Å². The van der Waals surface area contributed by atoms with Crippen molar-refractivity contribution in [2.24, 2.45) is 0 Å². The third-order valence-electron chi connectivity index (χ3n) is 3.37. The summed E-state index contributed by atoms with van der Waals surface area (Å²) >= 11 is 5.15. The molecule has 21 heavy (non-hydrogen) atoms. The number of halogens is 1. The molecule has 2 aromatic rings. The predicted molar refractivity (Wildman–Crippen MR) is 94.0 cm³/mol. The normalized spacial score (nSPS) is 13.2. The van der Waals surface area contributed by atoms with Crippen molar-refractivity contribution in [1.82, 2.24) is 0 Å². The Kier molecular flexibility index (Phi) is 5.18. The van der Waals surface area contributed by atoms with E-state index in [4.69, 9.17) is 0 Å². The van der Waals surface area contributed by atoms with Gasteiger partial charge >= 0.3 is 0 Å². The summed E-state index contributed by atoms with van der Waals surface area (Å²) in [4.78, 5) is 2.28. The summed E-state index contributed by atoms with van der Waals surface area (Å²) in [5.74, 6) is 0. The van der Waals surface area contributed by atoms with E-state index >= 15 is 0 Å². The van der Waals surface area contributed by atoms with Gasteiger partial charge in [-0.15, -0.1) is 0 Å². The molecule has 0 aliphatic carbocycles. The lowest BCUT2D eigenvalue weighted by Gasteiger charge is -2.19. The highest BCUT2D eigenvalue weighted by Crippen LogP contribution is 2.35. The minimum Gasteiger partial charge on any atom is -0.389 e. The minimum absolute atomic E-state index is 0.172. The van der Waals surface area contributed by atoms with Gasteiger partial charge in [0.1, 0.15) is 0 Å². The molecule has 0 spiro atoms. The minimum atomic E-state index is -0.473. The average molecular weight is 365 g/mol. The second-order valence-corrected chi connectivity index (χ2v) is 8.27. The van der Waals surface area contributed by atoms with E-state index in [1.807, 2.05) is 12.1 Å². The van der Waals surface area contributed by atoms with Crippen LogP contribution < -0.4 is 0 Å². The van der Waals surface area contributed by atoms with Gasteiger partial charge in [0.2, 0.25) is 0 Å². The highest BCUT2D eigenvalue weighted by atomic mass is 79.9. The monoisotopic (exact) mass is 364 g/mol. The first-order valence-electron chi connectivity index (χ1n) is 7.03. The van der Waals surface area contributed by atoms with Crippen molar-refractivity contribution in [2.45, 2.75) is 49.0 Å². The summed E-state index contributed by atoms with van der Waals surface area (Å²) in [6.07, 6.45) is -0.473. The predicted octanol–water partition coefficient (Wildman–Crippen LogP) is 5.95. The van der Waals surface area contributed by atoms with E-state index in [0.717, 1.165) is 14.9 Å². The number of hydrogen-bond acceptors (Lipinski definition) is 2. The first-order chi connectivity index (χ1) is 9.77. The molecule has 0 radical (unpaired) electrons. The molecule has 0 saturated heterocycles. The van der Waals surface area contributed by atoms with Gasteiger partial charge in [0.25, 0.3) is 0 Å². The molecule has 1 nitrogen and oxygen atoms in total. The van der Waals surface area contributed by atoms with Crippen molar-refractivity contribution >= 4 is 27.7 Å². The van der Waals surface area contributed by atoms with Crippen LogP contribution in [0.25, 0.3) is 0 Å². The zero-order valence-corrected chi connectivity index (χ0v) is 15.3. The standard InChI is InChI=1S/C18H21BrOS/c1-12(20)16-11-14(19)7-10-17(16)21-15-8-5-13(6-9-15)18(2,3)4/h5-12,20H,1-4H3. The number of hydrogen-bond donors (Lipinski definition) is 1. The van der Waals surface area contributed by atoms with Gasteiger partial charge in [-0.3, -0.25) is 0 Å². The van der Waals surface area contributed by atoms with E-state index in [9.17, 15) is 5.11 Å². The molecule has 1 N–H and O–H groups in total. The number of aliphatic hydroxyl groups is 1. The van der Waals surface area contributed by atoms with Gasteiger partial charge in [0, 0.05) is 14.3 Å². The highest BCUT2D eigenvalue weighted by molar-refractivity contribution is 9.10. The lowest BCUT2D eigenvalue weighted by Crippen LogP contribution is -2.10. The Hall–Kier alpha value is -0.770. The molecule has 0 fully saturated rings. The third-order valence-corrected chi connectivity index (χ3v) is 4.96. The number of benzene rings is 2. The van der Waals surface area contributed by atoms with Crippen LogP contribution >= 0.6 is 27.7 Å². The molecule has 0 aliphatic rings. The van der Waals surface area contributed by atoms with Gasteiger partial charge < -0.3 is 5.11 Å². The molecule has 2 rings (SSSR count). The summed E-state index contributed by atoms with van der Waals surface area (Å²) in [5, 5.41) is 9.92. The molecule has 1 atom stereocenters. The fourth-order valence-electron chi connectivity index (χ4n) is 2.09. The fourth-order valence-corrected chi connectivity index (χ4v) is 3.48. The van der Waals surface area contributed by atoms with E-state index in [-0.39, 0.29) is 5.41 Å². The first-order valence-corrected chi connectivity index (χ1v) is 8.64. The van der Waals surface area contributed by atoms with E-state index in [2.05, 4.69) is 67.0 Å². The molecule has 112 valence electrons. The molecule has 0 saturated carbocycles. The Morgan fingerprint density at radius 2 is 1.67 bits per heavy atom. The smallest absolute Gasteiger partial charge is 0.0773 e. The van der Waals surface area contributed by atoms with Crippen molar-refractivity contribution in [3.8, 4) is 0 Å². The van der Waals surface area contributed by atoms with Crippen molar-refractivity contribution in [1.29, 1.82) is 0 Å². The summed E-state index contributed by atoms with van der Waals surface area (Å²) in [7, 11) is 0. The molecule has 0 heterocycles. The zero-order valence-electron chi connectivity index (χ0n) is 12.9. The fraction of sp³-hybridized carbons (Fsp3) is 0.333. The molecular weight excluding hydrogens is 344 g/mol. The Balaban J connectivity index is 2.26. The Morgan fingerprint density at radius 1 is 1.05 bits per heavy atom. The van der Waals surface area contributed by atoms with Crippen molar-refractivity contribution in [3.05, 3.63) is 58.1 Å². The lowest BCUT2D eigenvalue weighted by atomic mass is 9.87. The second-order valence-electron chi connectivity index (χ2n) is 6.23. The second kappa shape index (κ2) is 6.55. The van der Waals surface area contributed by atoms with E-state index < -0.39 is 6.10 Å². The lowest BCUT2D eigenvalue weighted by molar-refractivity contribution is 0.196. The number of rotatable bonds is 3. The maximum Gasteiger partial charge on any atom is 0.0773 e. The summed E-state index contributed by atoms with van der Waals surface area (Å²) < 4.78 is 0.992. The maximum atomic E-state index is 9.92. The van der Waals surface area contributed by atoms with Crippen LogP contribution in [0, 0.1) is 0 Å². The van der Waals surface area contributed by atoms with Crippen LogP contribution in [-0.4, -0.2) is 5.11 Å². The van der Waals surface area contributed by atoms with Gasteiger partial charge in [0.15, 0.2) is 0 Å². The summed E-state index contributed by atoms with van der Waals surface area (Å²) in [6, 6.07) is 14.7. The van der Waals surface area contributed by atoms with E-state index in [1.54, 1.807) is 18.7 Å². The van der Waals surface area contributed by atoms with Crippen molar-refractivity contribution < 1.29 is 5.11 Å². The van der Waals surface area contributed by atoms with Gasteiger partial charge in [-0.1, -0.05) is 60.6 Å². The quantitative estimate of drug-likeness (QED) is 0.725. The topological polar surface area (TPSA) is 20.2 Å². The summed E-state index contributed by atoms with van der Waals surface area (Å²) in [6.45, 7) is 8.45. The average Bonchev–Trinajstić information content (AvgIpc) is 2.40. The van der Waals surface area contributed by atoms with Crippen LogP contribution in [0.3, 0.4) is 0 Å². The van der Waals surface area contributed by atoms with Gasteiger partial charge in [0.05, 0.1) is 6.10 Å². The van der Waals surface area contributed by atoms with Crippen molar-refractivity contribution in [3.63, 3.8) is 0 Å². The van der Waals surface area contributed by atoms with Gasteiger partial charge in [-0.25, -0.2) is 0 Å². The summed E-state index contributed by atoms with van der Waals surface area (Å²) in [5.41, 5.74) is 2.46. The van der Waals surface area contributed by atoms with Gasteiger partial charge in [-0.2, -0.15) is 0 Å². The molecule has 1 unspecified atom stereocenters. The van der Waals surface area contributed by atoms with Gasteiger partial charge in [-0.05, 0) is 53.8 Å². The highest BCUT2D eigenvalue weighted by Gasteiger charge is 2.14. The van der Waals surface area contributed by atoms with Crippen LogP contribution in [0.4, 0.5) is 0 Å². The Morgan fingerprint density at radius 3 is 2.19 bits per heavy atom.